The molecule has 3 nitrogen and oxygen atoms in total. The Hall–Kier alpha value is -1.13. The lowest BCUT2D eigenvalue weighted by Crippen LogP contribution is -2.37. The van der Waals surface area contributed by atoms with Gasteiger partial charge in [0.25, 0.3) is 0 Å². The number of aliphatic hydroxyl groups is 1. The summed E-state index contributed by atoms with van der Waals surface area (Å²) in [6.45, 7) is 7.80. The summed E-state index contributed by atoms with van der Waals surface area (Å²) in [5.74, 6) is 0.200. The average Bonchev–Trinajstić information content (AvgIpc) is 2.77. The van der Waals surface area contributed by atoms with Crippen molar-refractivity contribution in [1.82, 2.24) is 5.32 Å². The summed E-state index contributed by atoms with van der Waals surface area (Å²) in [6, 6.07) is 5.60. The van der Waals surface area contributed by atoms with E-state index in [0.29, 0.717) is 24.2 Å². The minimum atomic E-state index is -0.194. The predicted octanol–water partition coefficient (Wildman–Crippen LogP) is 2.53. The largest absolute Gasteiger partial charge is 0.394 e. The van der Waals surface area contributed by atoms with Crippen LogP contribution < -0.4 is 10.2 Å². The number of anilines is 1. The molecule has 0 bridgehead atoms. The zero-order valence-corrected chi connectivity index (χ0v) is 12.6. The van der Waals surface area contributed by atoms with Gasteiger partial charge in [-0.1, -0.05) is 32.9 Å². The quantitative estimate of drug-likeness (QED) is 0.870. The van der Waals surface area contributed by atoms with Crippen LogP contribution in [0.3, 0.4) is 0 Å². The highest BCUT2D eigenvalue weighted by molar-refractivity contribution is 5.56. The molecule has 2 unspecified atom stereocenters. The van der Waals surface area contributed by atoms with Crippen LogP contribution in [0.5, 0.6) is 0 Å². The Kier molecular flexibility index (Phi) is 5.00. The van der Waals surface area contributed by atoms with Crippen molar-refractivity contribution in [3.05, 3.63) is 29.6 Å². The molecule has 112 valence electrons. The minimum absolute atomic E-state index is 0.0182. The van der Waals surface area contributed by atoms with Gasteiger partial charge >= 0.3 is 0 Å². The summed E-state index contributed by atoms with van der Waals surface area (Å²) in [6.07, 6.45) is 0.997. The second kappa shape index (κ2) is 6.55. The normalized spacial score (nSPS) is 22.8. The van der Waals surface area contributed by atoms with E-state index in [9.17, 15) is 9.50 Å². The molecule has 2 N–H and O–H groups in total. The van der Waals surface area contributed by atoms with Crippen molar-refractivity contribution in [2.45, 2.75) is 45.8 Å². The highest BCUT2D eigenvalue weighted by Gasteiger charge is 2.33. The van der Waals surface area contributed by atoms with Gasteiger partial charge in [-0.15, -0.1) is 0 Å². The number of rotatable bonds is 5. The van der Waals surface area contributed by atoms with E-state index in [-0.39, 0.29) is 18.5 Å². The number of halogens is 1. The van der Waals surface area contributed by atoms with Gasteiger partial charge < -0.3 is 15.3 Å². The van der Waals surface area contributed by atoms with Gasteiger partial charge in [-0.05, 0) is 24.0 Å². The van der Waals surface area contributed by atoms with E-state index in [2.05, 4.69) is 26.1 Å². The van der Waals surface area contributed by atoms with Crippen LogP contribution in [-0.4, -0.2) is 30.3 Å². The number of hydrogen-bond donors (Lipinski definition) is 2. The van der Waals surface area contributed by atoms with E-state index in [1.54, 1.807) is 6.07 Å². The van der Waals surface area contributed by atoms with Gasteiger partial charge in [0.1, 0.15) is 5.82 Å². The minimum Gasteiger partial charge on any atom is -0.394 e. The molecular weight excluding hydrogens is 255 g/mol. The van der Waals surface area contributed by atoms with Crippen molar-refractivity contribution in [1.29, 1.82) is 0 Å². The monoisotopic (exact) mass is 280 g/mol. The first-order chi connectivity index (χ1) is 9.54. The van der Waals surface area contributed by atoms with Crippen LogP contribution in [0.1, 0.15) is 32.8 Å². The molecule has 1 aliphatic rings. The van der Waals surface area contributed by atoms with Gasteiger partial charge in [-0.2, -0.15) is 0 Å². The Morgan fingerprint density at radius 3 is 2.85 bits per heavy atom. The summed E-state index contributed by atoms with van der Waals surface area (Å²) >= 11 is 0. The highest BCUT2D eigenvalue weighted by atomic mass is 19.1. The lowest BCUT2D eigenvalue weighted by Gasteiger charge is -2.30. The number of nitrogens with one attached hydrogen (secondary N) is 1. The second-order valence-electron chi connectivity index (χ2n) is 5.99. The summed E-state index contributed by atoms with van der Waals surface area (Å²) in [5.41, 5.74) is 1.62. The van der Waals surface area contributed by atoms with E-state index >= 15 is 0 Å². The third-order valence-corrected chi connectivity index (χ3v) is 4.13. The number of aliphatic hydroxyl groups excluding tert-OH is 1. The van der Waals surface area contributed by atoms with E-state index in [0.717, 1.165) is 18.5 Å². The van der Waals surface area contributed by atoms with E-state index < -0.39 is 0 Å². The molecule has 1 saturated heterocycles. The summed E-state index contributed by atoms with van der Waals surface area (Å²) in [5, 5.41) is 12.9. The van der Waals surface area contributed by atoms with Crippen molar-refractivity contribution in [3.63, 3.8) is 0 Å². The van der Waals surface area contributed by atoms with Crippen LogP contribution in [0, 0.1) is 11.7 Å². The first kappa shape index (κ1) is 15.3. The van der Waals surface area contributed by atoms with Gasteiger partial charge in [-0.25, -0.2) is 4.39 Å². The van der Waals surface area contributed by atoms with Crippen molar-refractivity contribution in [3.8, 4) is 0 Å². The lowest BCUT2D eigenvalue weighted by molar-refractivity contribution is 0.244. The SMILES string of the molecule is CC(C)NCc1cccc(F)c1N1CCC(C)C1CO. The summed E-state index contributed by atoms with van der Waals surface area (Å²) in [7, 11) is 0. The van der Waals surface area contributed by atoms with E-state index in [1.165, 1.54) is 6.07 Å². The van der Waals surface area contributed by atoms with Crippen LogP contribution in [-0.2, 0) is 6.54 Å². The highest BCUT2D eigenvalue weighted by Crippen LogP contribution is 2.33. The Morgan fingerprint density at radius 1 is 1.45 bits per heavy atom. The fourth-order valence-electron chi connectivity index (χ4n) is 2.90. The molecule has 1 fully saturated rings. The van der Waals surface area contributed by atoms with Crippen LogP contribution >= 0.6 is 0 Å². The maximum atomic E-state index is 14.3. The number of benzene rings is 1. The fraction of sp³-hybridized carbons (Fsp3) is 0.625. The molecule has 20 heavy (non-hydrogen) atoms. The smallest absolute Gasteiger partial charge is 0.146 e. The topological polar surface area (TPSA) is 35.5 Å². The average molecular weight is 280 g/mol. The molecule has 0 radical (unpaired) electrons. The Morgan fingerprint density at radius 2 is 2.20 bits per heavy atom. The Balaban J connectivity index is 2.29. The molecule has 0 saturated carbocycles. The van der Waals surface area contributed by atoms with E-state index in [4.69, 9.17) is 0 Å². The molecule has 1 aliphatic heterocycles. The first-order valence-electron chi connectivity index (χ1n) is 7.42. The molecule has 0 aliphatic carbocycles. The number of para-hydroxylation sites is 1. The van der Waals surface area contributed by atoms with Gasteiger partial charge in [0, 0.05) is 19.1 Å². The third-order valence-electron chi connectivity index (χ3n) is 4.13. The molecule has 1 heterocycles. The molecule has 2 atom stereocenters. The van der Waals surface area contributed by atoms with Crippen LogP contribution in [0.15, 0.2) is 18.2 Å². The van der Waals surface area contributed by atoms with Crippen molar-refractivity contribution in [2.75, 3.05) is 18.1 Å². The van der Waals surface area contributed by atoms with Crippen molar-refractivity contribution < 1.29 is 9.50 Å². The molecular formula is C16H25FN2O. The Bertz CT molecular complexity index is 450. The molecule has 2 rings (SSSR count). The zero-order chi connectivity index (χ0) is 14.7. The molecule has 0 aromatic heterocycles. The van der Waals surface area contributed by atoms with Gasteiger partial charge in [0.15, 0.2) is 0 Å². The van der Waals surface area contributed by atoms with Crippen molar-refractivity contribution in [2.24, 2.45) is 5.92 Å². The number of nitrogens with zero attached hydrogens (tertiary/aromatic N) is 1. The number of hydrogen-bond acceptors (Lipinski definition) is 3. The van der Waals surface area contributed by atoms with Gasteiger partial charge in [0.05, 0.1) is 18.3 Å². The molecule has 4 heteroatoms. The maximum absolute atomic E-state index is 14.3. The van der Waals surface area contributed by atoms with Crippen LogP contribution in [0.25, 0.3) is 0 Å². The van der Waals surface area contributed by atoms with Gasteiger partial charge in [0.2, 0.25) is 0 Å². The Labute approximate surface area is 120 Å². The maximum Gasteiger partial charge on any atom is 0.146 e. The molecule has 0 amide bonds. The molecule has 1 aromatic rings. The first-order valence-corrected chi connectivity index (χ1v) is 7.42. The fourth-order valence-corrected chi connectivity index (χ4v) is 2.90. The van der Waals surface area contributed by atoms with Crippen molar-refractivity contribution >= 4 is 5.69 Å². The molecule has 1 aromatic carbocycles. The third kappa shape index (κ3) is 3.13. The van der Waals surface area contributed by atoms with E-state index in [1.807, 2.05) is 11.0 Å². The molecule has 0 spiro atoms. The zero-order valence-electron chi connectivity index (χ0n) is 12.6. The summed E-state index contributed by atoms with van der Waals surface area (Å²) in [4.78, 5) is 2.04. The lowest BCUT2D eigenvalue weighted by atomic mass is 10.0. The van der Waals surface area contributed by atoms with Crippen LogP contribution in [0.4, 0.5) is 10.1 Å². The van der Waals surface area contributed by atoms with Crippen LogP contribution in [0.2, 0.25) is 0 Å². The van der Waals surface area contributed by atoms with Gasteiger partial charge in [-0.3, -0.25) is 0 Å². The standard InChI is InChI=1S/C16H25FN2O/c1-11(2)18-9-13-5-4-6-14(17)16(13)19-8-7-12(3)15(19)10-20/h4-6,11-12,15,18,20H,7-10H2,1-3H3. The summed E-state index contributed by atoms with van der Waals surface area (Å²) < 4.78 is 14.3. The second-order valence-corrected chi connectivity index (χ2v) is 5.99. The predicted molar refractivity (Wildman–Crippen MR) is 80.4 cm³/mol.